The molecular weight excluding hydrogens is 242 g/mol. The van der Waals surface area contributed by atoms with E-state index in [2.05, 4.69) is 0 Å². The Labute approximate surface area is 105 Å². The predicted octanol–water partition coefficient (Wildman–Crippen LogP) is 1.69. The van der Waals surface area contributed by atoms with Crippen molar-refractivity contribution >= 4 is 23.2 Å². The predicted molar refractivity (Wildman–Crippen MR) is 65.5 cm³/mol. The zero-order chi connectivity index (χ0) is 12.4. The maximum atomic E-state index is 11.8. The van der Waals surface area contributed by atoms with E-state index < -0.39 is 0 Å². The molecule has 1 fully saturated rings. The number of hydrogen-bond acceptors (Lipinski definition) is 3. The van der Waals surface area contributed by atoms with E-state index in [9.17, 15) is 4.79 Å². The summed E-state index contributed by atoms with van der Waals surface area (Å²) in [7, 11) is 1.52. The Morgan fingerprint density at radius 2 is 2.35 bits per heavy atom. The lowest BCUT2D eigenvalue weighted by atomic mass is 10.1. The van der Waals surface area contributed by atoms with Crippen LogP contribution in [0.4, 0.5) is 5.69 Å². The van der Waals surface area contributed by atoms with Crippen molar-refractivity contribution in [1.29, 1.82) is 0 Å². The van der Waals surface area contributed by atoms with Gasteiger partial charge in [-0.2, -0.15) is 0 Å². The Hall–Kier alpha value is -1.26. The molecule has 1 saturated heterocycles. The van der Waals surface area contributed by atoms with Crippen LogP contribution in [0.5, 0.6) is 5.75 Å². The normalized spacial score (nSPS) is 19.8. The number of rotatable bonds is 3. The number of nitrogens with zero attached hydrogens (tertiary/aromatic N) is 1. The standard InChI is InChI=1S/C12H14ClNO3/c1-17-12-9(13)3-2-4-10(12)14-6-8(7-15)5-11(14)16/h2-4,8,15H,5-7H2,1H3. The topological polar surface area (TPSA) is 49.8 Å². The summed E-state index contributed by atoms with van der Waals surface area (Å²) in [6.07, 6.45) is 0.367. The van der Waals surface area contributed by atoms with Gasteiger partial charge in [0, 0.05) is 25.5 Å². The van der Waals surface area contributed by atoms with Crippen molar-refractivity contribution in [2.24, 2.45) is 5.92 Å². The number of aliphatic hydroxyl groups is 1. The summed E-state index contributed by atoms with van der Waals surface area (Å²) < 4.78 is 5.22. The van der Waals surface area contributed by atoms with Gasteiger partial charge in [0.2, 0.25) is 5.91 Å². The molecule has 0 bridgehead atoms. The van der Waals surface area contributed by atoms with E-state index in [4.69, 9.17) is 21.4 Å². The van der Waals surface area contributed by atoms with Crippen molar-refractivity contribution in [2.75, 3.05) is 25.2 Å². The minimum Gasteiger partial charge on any atom is -0.493 e. The average molecular weight is 256 g/mol. The SMILES string of the molecule is COc1c(Cl)cccc1N1CC(CO)CC1=O. The van der Waals surface area contributed by atoms with E-state index in [1.807, 2.05) is 0 Å². The first-order valence-corrected chi connectivity index (χ1v) is 5.79. The molecule has 2 rings (SSSR count). The number of anilines is 1. The van der Waals surface area contributed by atoms with Crippen LogP contribution in [-0.4, -0.2) is 31.3 Å². The summed E-state index contributed by atoms with van der Waals surface area (Å²) in [6.45, 7) is 0.525. The molecule has 1 heterocycles. The van der Waals surface area contributed by atoms with Crippen molar-refractivity contribution in [3.63, 3.8) is 0 Å². The molecular formula is C12H14ClNO3. The minimum atomic E-state index is -0.00961. The number of ether oxygens (including phenoxy) is 1. The Balaban J connectivity index is 2.34. The zero-order valence-electron chi connectivity index (χ0n) is 9.52. The first kappa shape index (κ1) is 12.2. The Kier molecular flexibility index (Phi) is 3.54. The van der Waals surface area contributed by atoms with Gasteiger partial charge in [-0.3, -0.25) is 4.79 Å². The molecule has 0 radical (unpaired) electrons. The number of amides is 1. The van der Waals surface area contributed by atoms with Crippen LogP contribution < -0.4 is 9.64 Å². The highest BCUT2D eigenvalue weighted by Gasteiger charge is 2.32. The van der Waals surface area contributed by atoms with E-state index in [1.165, 1.54) is 7.11 Å². The lowest BCUT2D eigenvalue weighted by molar-refractivity contribution is -0.117. The highest BCUT2D eigenvalue weighted by molar-refractivity contribution is 6.32. The molecule has 1 N–H and O–H groups in total. The van der Waals surface area contributed by atoms with Crippen molar-refractivity contribution < 1.29 is 14.6 Å². The van der Waals surface area contributed by atoms with Crippen LogP contribution in [0.25, 0.3) is 0 Å². The largest absolute Gasteiger partial charge is 0.493 e. The first-order valence-electron chi connectivity index (χ1n) is 5.41. The number of hydrogen-bond donors (Lipinski definition) is 1. The van der Waals surface area contributed by atoms with Gasteiger partial charge in [0.05, 0.1) is 17.8 Å². The molecule has 0 aromatic heterocycles. The van der Waals surface area contributed by atoms with Gasteiger partial charge >= 0.3 is 0 Å². The highest BCUT2D eigenvalue weighted by atomic mass is 35.5. The van der Waals surface area contributed by atoms with Crippen LogP contribution in [0.1, 0.15) is 6.42 Å². The quantitative estimate of drug-likeness (QED) is 0.894. The monoisotopic (exact) mass is 255 g/mol. The van der Waals surface area contributed by atoms with E-state index in [0.717, 1.165) is 0 Å². The lowest BCUT2D eigenvalue weighted by Gasteiger charge is -2.20. The summed E-state index contributed by atoms with van der Waals surface area (Å²) >= 11 is 6.01. The molecule has 92 valence electrons. The van der Waals surface area contributed by atoms with Gasteiger partial charge in [-0.15, -0.1) is 0 Å². The van der Waals surface area contributed by atoms with Crippen molar-refractivity contribution in [1.82, 2.24) is 0 Å². The Morgan fingerprint density at radius 3 is 2.94 bits per heavy atom. The summed E-state index contributed by atoms with van der Waals surface area (Å²) in [5.41, 5.74) is 0.668. The molecule has 17 heavy (non-hydrogen) atoms. The van der Waals surface area contributed by atoms with Crippen LogP contribution in [0, 0.1) is 5.92 Å². The smallest absolute Gasteiger partial charge is 0.227 e. The number of methoxy groups -OCH3 is 1. The van der Waals surface area contributed by atoms with Crippen LogP contribution in [0.15, 0.2) is 18.2 Å². The van der Waals surface area contributed by atoms with Crippen molar-refractivity contribution in [3.05, 3.63) is 23.2 Å². The molecule has 1 aliphatic heterocycles. The van der Waals surface area contributed by atoms with Crippen LogP contribution in [0.3, 0.4) is 0 Å². The van der Waals surface area contributed by atoms with Gasteiger partial charge in [0.15, 0.2) is 5.75 Å². The molecule has 1 aliphatic rings. The fraction of sp³-hybridized carbons (Fsp3) is 0.417. The molecule has 0 spiro atoms. The number of halogens is 1. The van der Waals surface area contributed by atoms with Crippen LogP contribution in [-0.2, 0) is 4.79 Å². The summed E-state index contributed by atoms with van der Waals surface area (Å²) in [6, 6.07) is 5.29. The second kappa shape index (κ2) is 4.94. The molecule has 1 aromatic rings. The van der Waals surface area contributed by atoms with E-state index in [1.54, 1.807) is 23.1 Å². The minimum absolute atomic E-state index is 0.00816. The van der Waals surface area contributed by atoms with E-state index in [0.29, 0.717) is 29.4 Å². The summed E-state index contributed by atoms with van der Waals surface area (Å²) in [4.78, 5) is 13.5. The van der Waals surface area contributed by atoms with Crippen LogP contribution >= 0.6 is 11.6 Å². The second-order valence-corrected chi connectivity index (χ2v) is 4.46. The maximum absolute atomic E-state index is 11.8. The third-order valence-corrected chi connectivity index (χ3v) is 3.20. The fourth-order valence-corrected chi connectivity index (χ4v) is 2.30. The number of carbonyl (C=O) groups excluding carboxylic acids is 1. The number of carbonyl (C=O) groups is 1. The van der Waals surface area contributed by atoms with E-state index >= 15 is 0 Å². The van der Waals surface area contributed by atoms with Gasteiger partial charge in [-0.05, 0) is 12.1 Å². The molecule has 0 saturated carbocycles. The zero-order valence-corrected chi connectivity index (χ0v) is 10.3. The van der Waals surface area contributed by atoms with Crippen molar-refractivity contribution in [2.45, 2.75) is 6.42 Å². The van der Waals surface area contributed by atoms with Gasteiger partial charge in [0.25, 0.3) is 0 Å². The van der Waals surface area contributed by atoms with Crippen LogP contribution in [0.2, 0.25) is 5.02 Å². The lowest BCUT2D eigenvalue weighted by Crippen LogP contribution is -2.25. The number of aliphatic hydroxyl groups excluding tert-OH is 1. The average Bonchev–Trinajstić information content (AvgIpc) is 2.70. The summed E-state index contributed by atoms with van der Waals surface area (Å²) in [5, 5.41) is 9.57. The van der Waals surface area contributed by atoms with E-state index in [-0.39, 0.29) is 18.4 Å². The second-order valence-electron chi connectivity index (χ2n) is 4.05. The molecule has 1 unspecified atom stereocenters. The third-order valence-electron chi connectivity index (χ3n) is 2.90. The van der Waals surface area contributed by atoms with Gasteiger partial charge in [-0.25, -0.2) is 0 Å². The Morgan fingerprint density at radius 1 is 1.59 bits per heavy atom. The molecule has 5 heteroatoms. The number of para-hydroxylation sites is 1. The maximum Gasteiger partial charge on any atom is 0.227 e. The summed E-state index contributed by atoms with van der Waals surface area (Å²) in [5.74, 6) is 0.483. The molecule has 1 amide bonds. The number of benzene rings is 1. The van der Waals surface area contributed by atoms with Gasteiger partial charge in [-0.1, -0.05) is 17.7 Å². The van der Waals surface area contributed by atoms with Crippen molar-refractivity contribution in [3.8, 4) is 5.75 Å². The molecule has 4 nitrogen and oxygen atoms in total. The molecule has 0 aliphatic carbocycles. The van der Waals surface area contributed by atoms with Gasteiger partial charge in [0.1, 0.15) is 0 Å². The first-order chi connectivity index (χ1) is 8.17. The highest BCUT2D eigenvalue weighted by Crippen LogP contribution is 2.37. The van der Waals surface area contributed by atoms with Gasteiger partial charge < -0.3 is 14.7 Å². The Bertz CT molecular complexity index is 436. The third kappa shape index (κ3) is 2.23. The molecule has 1 aromatic carbocycles. The molecule has 1 atom stereocenters. The fourth-order valence-electron chi connectivity index (χ4n) is 2.05.